The Bertz CT molecular complexity index is 1110. The molecule has 2 aliphatic rings. The van der Waals surface area contributed by atoms with Gasteiger partial charge in [-0.2, -0.15) is 5.10 Å². The lowest BCUT2D eigenvalue weighted by Crippen LogP contribution is -2.58. The smallest absolute Gasteiger partial charge is 0.274 e. The summed E-state index contributed by atoms with van der Waals surface area (Å²) in [6.45, 7) is 5.90. The molecule has 2 aromatic heterocycles. The molecule has 0 spiro atoms. The van der Waals surface area contributed by atoms with Crippen molar-refractivity contribution in [1.82, 2.24) is 24.9 Å². The quantitative estimate of drug-likeness (QED) is 0.650. The predicted molar refractivity (Wildman–Crippen MR) is 123 cm³/mol. The van der Waals surface area contributed by atoms with Crippen molar-refractivity contribution < 1.29 is 14.0 Å². The summed E-state index contributed by atoms with van der Waals surface area (Å²) in [7, 11) is 0. The molecule has 8 heteroatoms. The van der Waals surface area contributed by atoms with Crippen LogP contribution < -0.4 is 0 Å². The van der Waals surface area contributed by atoms with Crippen LogP contribution in [0.4, 0.5) is 0 Å². The summed E-state index contributed by atoms with van der Waals surface area (Å²) in [4.78, 5) is 32.2. The molecule has 0 aliphatic carbocycles. The SMILES string of the molecule is Cc1ccc(-c2cc(C(=O)N3CCN(C4CCCN(Cc5ccccc5)C4=O)CC3)n[nH]2)o1. The maximum Gasteiger partial charge on any atom is 0.274 e. The van der Waals surface area contributed by atoms with E-state index in [2.05, 4.69) is 27.2 Å². The topological polar surface area (TPSA) is 85.7 Å². The van der Waals surface area contributed by atoms with E-state index >= 15 is 0 Å². The summed E-state index contributed by atoms with van der Waals surface area (Å²) in [5.41, 5.74) is 2.23. The Morgan fingerprint density at radius 3 is 2.61 bits per heavy atom. The van der Waals surface area contributed by atoms with Gasteiger partial charge in [0.2, 0.25) is 5.91 Å². The van der Waals surface area contributed by atoms with Crippen LogP contribution in [0.25, 0.3) is 11.5 Å². The number of aryl methyl sites for hydroxylation is 1. The van der Waals surface area contributed by atoms with E-state index in [9.17, 15) is 9.59 Å². The number of benzene rings is 1. The number of hydrogen-bond acceptors (Lipinski definition) is 5. The minimum atomic E-state index is -0.0982. The second-order valence-corrected chi connectivity index (χ2v) is 8.81. The summed E-state index contributed by atoms with van der Waals surface area (Å²) in [6, 6.07) is 15.5. The molecule has 0 saturated carbocycles. The fourth-order valence-electron chi connectivity index (χ4n) is 4.75. The Morgan fingerprint density at radius 1 is 1.09 bits per heavy atom. The number of carbonyl (C=O) groups excluding carboxylic acids is 2. The first-order chi connectivity index (χ1) is 16.1. The Balaban J connectivity index is 1.18. The number of furan rings is 1. The number of piperazine rings is 1. The van der Waals surface area contributed by atoms with Crippen molar-refractivity contribution in [3.05, 3.63) is 65.5 Å². The van der Waals surface area contributed by atoms with Crippen molar-refractivity contribution in [1.29, 1.82) is 0 Å². The maximum atomic E-state index is 13.2. The van der Waals surface area contributed by atoms with Gasteiger partial charge in [0.15, 0.2) is 11.5 Å². The fourth-order valence-corrected chi connectivity index (χ4v) is 4.75. The molecule has 1 aromatic carbocycles. The molecule has 1 atom stereocenters. The first-order valence-corrected chi connectivity index (χ1v) is 11.6. The molecule has 2 saturated heterocycles. The van der Waals surface area contributed by atoms with Gasteiger partial charge in [0.25, 0.3) is 5.91 Å². The first kappa shape index (κ1) is 21.5. The van der Waals surface area contributed by atoms with Gasteiger partial charge in [-0.3, -0.25) is 19.6 Å². The standard InChI is InChI=1S/C25H29N5O3/c1-18-9-10-23(33-18)20-16-21(27-26-20)24(31)29-14-12-28(13-15-29)22-8-5-11-30(25(22)32)17-19-6-3-2-4-7-19/h2-4,6-7,9-10,16,22H,5,8,11-15,17H2,1H3,(H,26,27). The van der Waals surface area contributed by atoms with Crippen LogP contribution in [-0.4, -0.2) is 75.5 Å². The highest BCUT2D eigenvalue weighted by Gasteiger charge is 2.35. The molecular weight excluding hydrogens is 418 g/mol. The van der Waals surface area contributed by atoms with E-state index in [-0.39, 0.29) is 17.9 Å². The van der Waals surface area contributed by atoms with Gasteiger partial charge in [-0.15, -0.1) is 0 Å². The number of carbonyl (C=O) groups is 2. The van der Waals surface area contributed by atoms with Crippen molar-refractivity contribution in [3.8, 4) is 11.5 Å². The van der Waals surface area contributed by atoms with Crippen molar-refractivity contribution in [2.45, 2.75) is 32.4 Å². The second kappa shape index (κ2) is 9.23. The summed E-state index contributed by atoms with van der Waals surface area (Å²) in [5.74, 6) is 1.58. The highest BCUT2D eigenvalue weighted by molar-refractivity contribution is 5.93. The van der Waals surface area contributed by atoms with E-state index in [1.807, 2.05) is 47.1 Å². The van der Waals surface area contributed by atoms with Crippen molar-refractivity contribution in [2.24, 2.45) is 0 Å². The number of amides is 2. The van der Waals surface area contributed by atoms with Crippen LogP contribution in [0.2, 0.25) is 0 Å². The highest BCUT2D eigenvalue weighted by Crippen LogP contribution is 2.23. The van der Waals surface area contributed by atoms with Crippen LogP contribution in [0.15, 0.2) is 52.9 Å². The third-order valence-electron chi connectivity index (χ3n) is 6.56. The maximum absolute atomic E-state index is 13.2. The van der Waals surface area contributed by atoms with E-state index in [0.29, 0.717) is 49.9 Å². The minimum Gasteiger partial charge on any atom is -0.460 e. The van der Waals surface area contributed by atoms with E-state index in [1.54, 1.807) is 6.07 Å². The number of aromatic amines is 1. The zero-order chi connectivity index (χ0) is 22.8. The molecular formula is C25H29N5O3. The summed E-state index contributed by atoms with van der Waals surface area (Å²) in [5, 5.41) is 7.09. The minimum absolute atomic E-state index is 0.0962. The molecule has 2 aliphatic heterocycles. The fraction of sp³-hybridized carbons (Fsp3) is 0.400. The molecule has 0 bridgehead atoms. The molecule has 2 fully saturated rings. The molecule has 172 valence electrons. The monoisotopic (exact) mass is 447 g/mol. The molecule has 8 nitrogen and oxygen atoms in total. The molecule has 3 aromatic rings. The van der Waals surface area contributed by atoms with Crippen LogP contribution in [0.1, 0.15) is 34.7 Å². The first-order valence-electron chi connectivity index (χ1n) is 11.6. The van der Waals surface area contributed by atoms with E-state index in [0.717, 1.165) is 30.7 Å². The predicted octanol–water partition coefficient (Wildman–Crippen LogP) is 2.93. The Morgan fingerprint density at radius 2 is 1.88 bits per heavy atom. The van der Waals surface area contributed by atoms with Gasteiger partial charge in [-0.25, -0.2) is 0 Å². The van der Waals surface area contributed by atoms with Crippen LogP contribution in [0, 0.1) is 6.92 Å². The third-order valence-corrected chi connectivity index (χ3v) is 6.56. The normalized spacial score (nSPS) is 19.8. The van der Waals surface area contributed by atoms with Gasteiger partial charge in [0, 0.05) is 45.3 Å². The number of likely N-dealkylation sites (tertiary alicyclic amines) is 1. The van der Waals surface area contributed by atoms with Gasteiger partial charge in [0.05, 0.1) is 6.04 Å². The summed E-state index contributed by atoms with van der Waals surface area (Å²) < 4.78 is 5.61. The van der Waals surface area contributed by atoms with Gasteiger partial charge >= 0.3 is 0 Å². The molecule has 0 radical (unpaired) electrons. The zero-order valence-electron chi connectivity index (χ0n) is 18.9. The average molecular weight is 448 g/mol. The van der Waals surface area contributed by atoms with Crippen molar-refractivity contribution in [3.63, 3.8) is 0 Å². The number of piperidine rings is 1. The van der Waals surface area contributed by atoms with Gasteiger partial charge in [-0.05, 0) is 37.5 Å². The molecule has 1 unspecified atom stereocenters. The van der Waals surface area contributed by atoms with Gasteiger partial charge in [0.1, 0.15) is 11.5 Å². The van der Waals surface area contributed by atoms with Crippen LogP contribution >= 0.6 is 0 Å². The van der Waals surface area contributed by atoms with Gasteiger partial charge < -0.3 is 14.2 Å². The van der Waals surface area contributed by atoms with E-state index < -0.39 is 0 Å². The molecule has 1 N–H and O–H groups in total. The van der Waals surface area contributed by atoms with Crippen molar-refractivity contribution >= 4 is 11.8 Å². The number of rotatable bonds is 5. The Hall–Kier alpha value is -3.39. The highest BCUT2D eigenvalue weighted by atomic mass is 16.3. The number of hydrogen-bond donors (Lipinski definition) is 1. The van der Waals surface area contributed by atoms with Crippen LogP contribution in [0.5, 0.6) is 0 Å². The number of H-pyrrole nitrogens is 1. The number of nitrogens with zero attached hydrogens (tertiary/aromatic N) is 4. The summed E-state index contributed by atoms with van der Waals surface area (Å²) >= 11 is 0. The Kier molecular flexibility index (Phi) is 6.00. The molecule has 33 heavy (non-hydrogen) atoms. The zero-order valence-corrected chi connectivity index (χ0v) is 18.9. The van der Waals surface area contributed by atoms with E-state index in [1.165, 1.54) is 0 Å². The molecule has 4 heterocycles. The average Bonchev–Trinajstić information content (AvgIpc) is 3.50. The Labute approximate surface area is 193 Å². The van der Waals surface area contributed by atoms with Crippen LogP contribution in [0.3, 0.4) is 0 Å². The lowest BCUT2D eigenvalue weighted by Gasteiger charge is -2.42. The second-order valence-electron chi connectivity index (χ2n) is 8.81. The van der Waals surface area contributed by atoms with Gasteiger partial charge in [-0.1, -0.05) is 30.3 Å². The van der Waals surface area contributed by atoms with Crippen molar-refractivity contribution in [2.75, 3.05) is 32.7 Å². The number of nitrogens with one attached hydrogen (secondary N) is 1. The van der Waals surface area contributed by atoms with Crippen LogP contribution in [-0.2, 0) is 11.3 Å². The van der Waals surface area contributed by atoms with E-state index in [4.69, 9.17) is 4.42 Å². The molecule has 2 amide bonds. The largest absolute Gasteiger partial charge is 0.460 e. The lowest BCUT2D eigenvalue weighted by molar-refractivity contribution is -0.141. The summed E-state index contributed by atoms with van der Waals surface area (Å²) in [6.07, 6.45) is 1.88. The lowest BCUT2D eigenvalue weighted by atomic mass is 10.0. The molecule has 5 rings (SSSR count). The third kappa shape index (κ3) is 4.57. The number of aromatic nitrogens is 2.